The number of furan rings is 3. The van der Waals surface area contributed by atoms with E-state index in [1.165, 1.54) is 98.5 Å². The van der Waals surface area contributed by atoms with E-state index in [4.69, 9.17) is 18.0 Å². The van der Waals surface area contributed by atoms with Crippen LogP contribution in [0.2, 0.25) is 0 Å². The summed E-state index contributed by atoms with van der Waals surface area (Å²) < 4.78 is 31.5. The summed E-state index contributed by atoms with van der Waals surface area (Å²) in [6.45, 7) is 0. The highest BCUT2D eigenvalue weighted by Gasteiger charge is 2.39. The molecule has 5 aromatic heterocycles. The van der Waals surface area contributed by atoms with E-state index in [0.717, 1.165) is 111 Å². The Balaban J connectivity index is 0.582. The van der Waals surface area contributed by atoms with Gasteiger partial charge in [0.1, 0.15) is 45.2 Å². The van der Waals surface area contributed by atoms with Gasteiger partial charge in [0.2, 0.25) is 0 Å². The van der Waals surface area contributed by atoms with Crippen molar-refractivity contribution in [1.82, 2.24) is 9.13 Å². The van der Waals surface area contributed by atoms with Crippen molar-refractivity contribution in [3.63, 3.8) is 0 Å². The van der Waals surface area contributed by atoms with E-state index in [2.05, 4.69) is 319 Å². The van der Waals surface area contributed by atoms with Crippen molar-refractivity contribution in [2.75, 3.05) is 0 Å². The Kier molecular flexibility index (Phi) is 11.2. The van der Waals surface area contributed by atoms with Crippen LogP contribution in [0.1, 0.15) is 12.5 Å². The summed E-state index contributed by atoms with van der Waals surface area (Å²) in [7, 11) is 0. The molecule has 19 aromatic rings. The molecule has 6 heteroatoms. The van der Waals surface area contributed by atoms with Gasteiger partial charge in [0.25, 0.3) is 0 Å². The van der Waals surface area contributed by atoms with Gasteiger partial charge < -0.3 is 27.1 Å². The van der Waals surface area contributed by atoms with Gasteiger partial charge in [-0.3, -0.25) is 0 Å². The van der Waals surface area contributed by atoms with E-state index >= 15 is 0 Å². The molecule has 6 nitrogen and oxygen atoms in total. The molecule has 6 heterocycles. The highest BCUT2D eigenvalue weighted by molar-refractivity contribution is 6.18. The van der Waals surface area contributed by atoms with Crippen molar-refractivity contribution in [2.24, 2.45) is 5.92 Å². The first-order valence-electron chi connectivity index (χ1n) is 33.9. The molecule has 98 heavy (non-hydrogen) atoms. The Labute approximate surface area is 561 Å². The number of rotatable bonds is 7. The van der Waals surface area contributed by atoms with Gasteiger partial charge in [0.15, 0.2) is 0 Å². The first kappa shape index (κ1) is 53.7. The Bertz CT molecular complexity index is 6830. The summed E-state index contributed by atoms with van der Waals surface area (Å²) in [4.78, 5) is 0. The van der Waals surface area contributed by atoms with Crippen molar-refractivity contribution in [3.8, 4) is 61.3 Å². The summed E-state index contributed by atoms with van der Waals surface area (Å²) in [5.74, 6) is 1.07. The molecule has 458 valence electrons. The van der Waals surface area contributed by atoms with Crippen molar-refractivity contribution in [3.05, 3.63) is 319 Å². The van der Waals surface area contributed by atoms with Crippen LogP contribution in [-0.2, 0) is 4.74 Å². The number of aromatic nitrogens is 2. The van der Waals surface area contributed by atoms with E-state index in [1.54, 1.807) is 0 Å². The second kappa shape index (κ2) is 20.4. The van der Waals surface area contributed by atoms with E-state index in [1.807, 2.05) is 0 Å². The quantitative estimate of drug-likeness (QED) is 0.149. The van der Waals surface area contributed by atoms with Gasteiger partial charge in [-0.2, -0.15) is 0 Å². The maximum atomic E-state index is 6.80. The summed E-state index contributed by atoms with van der Waals surface area (Å²) in [5, 5.41) is 16.5. The van der Waals surface area contributed by atoms with Gasteiger partial charge in [0.05, 0.1) is 17.1 Å². The lowest BCUT2D eigenvalue weighted by atomic mass is 9.85. The number of hydrogen-bond donors (Lipinski definition) is 0. The number of ether oxygens (including phenoxy) is 1. The first-order chi connectivity index (χ1) is 48.5. The minimum absolute atomic E-state index is 0.0883. The molecule has 0 saturated carbocycles. The number of benzene rings is 14. The van der Waals surface area contributed by atoms with Crippen LogP contribution in [0.4, 0.5) is 0 Å². The monoisotopic (exact) mass is 1250 g/mol. The number of hydrogen-bond acceptors (Lipinski definition) is 4. The molecule has 0 bridgehead atoms. The Morgan fingerprint density at radius 3 is 1.58 bits per heavy atom. The molecule has 0 amide bonds. The smallest absolute Gasteiger partial charge is 0.139 e. The Morgan fingerprint density at radius 1 is 0.316 bits per heavy atom. The van der Waals surface area contributed by atoms with Crippen LogP contribution in [0.5, 0.6) is 0 Å². The van der Waals surface area contributed by atoms with Crippen LogP contribution in [0.25, 0.3) is 193 Å². The average molecular weight is 1250 g/mol. The largest absolute Gasteiger partial charge is 0.485 e. The topological polar surface area (TPSA) is 58.5 Å². The SMILES string of the molecule is C1=CC(n2c3ccccc3c3cc(-c4ccc(-c5cc(-c6ccccc6)cc(-c6ccc7oc8cc9oc%10ccc(-n%11c%12ccccc%12c%12ccccc%12%11)cc%10c9cc8c7c6)c5)cc4)ccc32)CC2=C1OC1C=c3oc4ccc(-c5cc6ccccc6c6ccccc56)cc4c3=CC21. The molecular formula is C92H56N2O4. The molecule has 1 aliphatic heterocycles. The predicted molar refractivity (Wildman–Crippen MR) is 403 cm³/mol. The maximum Gasteiger partial charge on any atom is 0.139 e. The zero-order chi connectivity index (χ0) is 63.8. The lowest BCUT2D eigenvalue weighted by Crippen LogP contribution is -2.32. The van der Waals surface area contributed by atoms with Gasteiger partial charge in [0, 0.05) is 88.5 Å². The molecule has 0 radical (unpaired) electrons. The van der Waals surface area contributed by atoms with E-state index in [9.17, 15) is 0 Å². The van der Waals surface area contributed by atoms with Crippen molar-refractivity contribution in [1.29, 1.82) is 0 Å². The van der Waals surface area contributed by atoms with Gasteiger partial charge in [-0.25, -0.2) is 0 Å². The van der Waals surface area contributed by atoms with Crippen LogP contribution >= 0.6 is 0 Å². The highest BCUT2D eigenvalue weighted by atomic mass is 16.5. The summed E-state index contributed by atoms with van der Waals surface area (Å²) >= 11 is 0. The molecular weight excluding hydrogens is 1200 g/mol. The van der Waals surface area contributed by atoms with Crippen LogP contribution < -0.4 is 10.6 Å². The van der Waals surface area contributed by atoms with E-state index < -0.39 is 0 Å². The fraction of sp³-hybridized carbons (Fsp3) is 0.0435. The summed E-state index contributed by atoms with van der Waals surface area (Å²) in [6, 6.07) is 104. The van der Waals surface area contributed by atoms with Gasteiger partial charge in [-0.05, 0) is 198 Å². The third-order valence-electron chi connectivity index (χ3n) is 21.6. The Morgan fingerprint density at radius 2 is 0.837 bits per heavy atom. The molecule has 0 N–H and O–H groups in total. The third-order valence-corrected chi connectivity index (χ3v) is 21.6. The minimum Gasteiger partial charge on any atom is -0.485 e. The van der Waals surface area contributed by atoms with E-state index in [0.29, 0.717) is 0 Å². The molecule has 0 fully saturated rings. The minimum atomic E-state index is -0.130. The summed E-state index contributed by atoms with van der Waals surface area (Å²) in [5.41, 5.74) is 23.9. The van der Waals surface area contributed by atoms with Gasteiger partial charge in [-0.1, -0.05) is 188 Å². The van der Waals surface area contributed by atoms with Crippen LogP contribution in [0, 0.1) is 5.92 Å². The van der Waals surface area contributed by atoms with Crippen molar-refractivity contribution < 1.29 is 18.0 Å². The zero-order valence-corrected chi connectivity index (χ0v) is 52.9. The standard InChI is InChI=1S/C92H56N2O4/c1-2-14-53(15-3-1)60-40-61(42-62(41-60)57-31-36-85-73(44-57)77-49-79-75-47-63(33-38-87(75)97-91(79)51-89(77)95-85)93-81-23-11-8-20-68(81)69-21-9-12-24-82(69)93)55-28-26-54(27-29-55)56-30-35-84-72(43-56)70-22-10-13-25-83(70)94(84)64-34-39-88-76(48-64)80-50-78-74-46-59(32-37-86(74)96-90(78)52-92(80)98-88)71-45-58-16-4-5-17-65(58)66-18-6-7-19-67(66)71/h1-47,49-52,64,80,92H,48H2. The average Bonchev–Trinajstić information content (AvgIpc) is 1.55. The molecule has 0 spiro atoms. The molecule has 14 aromatic carbocycles. The van der Waals surface area contributed by atoms with E-state index in [-0.39, 0.29) is 18.1 Å². The van der Waals surface area contributed by atoms with Crippen molar-refractivity contribution >= 4 is 132 Å². The normalized spacial score (nSPS) is 16.0. The zero-order valence-electron chi connectivity index (χ0n) is 52.9. The molecule has 3 atom stereocenters. The third kappa shape index (κ3) is 8.03. The molecule has 3 unspecified atom stereocenters. The second-order valence-corrected chi connectivity index (χ2v) is 26.9. The predicted octanol–water partition coefficient (Wildman–Crippen LogP) is 23.1. The Hall–Kier alpha value is -12.6. The summed E-state index contributed by atoms with van der Waals surface area (Å²) in [6.07, 6.45) is 9.93. The fourth-order valence-electron chi connectivity index (χ4n) is 17.0. The van der Waals surface area contributed by atoms with Gasteiger partial charge in [-0.15, -0.1) is 0 Å². The number of nitrogens with zero attached hydrogens (tertiary/aromatic N) is 2. The molecule has 3 aliphatic rings. The lowest BCUT2D eigenvalue weighted by Gasteiger charge is -2.24. The number of para-hydroxylation sites is 3. The van der Waals surface area contributed by atoms with Crippen LogP contribution in [-0.4, -0.2) is 15.2 Å². The molecule has 22 rings (SSSR count). The van der Waals surface area contributed by atoms with Gasteiger partial charge >= 0.3 is 0 Å². The van der Waals surface area contributed by atoms with Crippen LogP contribution in [0.3, 0.4) is 0 Å². The second-order valence-electron chi connectivity index (χ2n) is 26.9. The van der Waals surface area contributed by atoms with Crippen LogP contribution in [0.15, 0.2) is 322 Å². The lowest BCUT2D eigenvalue weighted by molar-refractivity contribution is 0.189. The number of fused-ring (bicyclic) bond motifs is 20. The first-order valence-corrected chi connectivity index (χ1v) is 33.9. The van der Waals surface area contributed by atoms with Crippen molar-refractivity contribution in [2.45, 2.75) is 18.6 Å². The highest BCUT2D eigenvalue weighted by Crippen LogP contribution is 2.47. The molecule has 0 saturated heterocycles. The maximum absolute atomic E-state index is 6.80. The molecule has 2 aliphatic carbocycles. The number of allylic oxidation sites excluding steroid dienone is 2. The fourth-order valence-corrected chi connectivity index (χ4v) is 17.0.